The number of piperidine rings is 1. The molecule has 118 valence electrons. The van der Waals surface area contributed by atoms with E-state index in [1.165, 1.54) is 4.31 Å². The molecule has 0 bridgehead atoms. The van der Waals surface area contributed by atoms with E-state index in [9.17, 15) is 21.6 Å². The van der Waals surface area contributed by atoms with E-state index in [2.05, 4.69) is 0 Å². The van der Waals surface area contributed by atoms with E-state index < -0.39 is 21.8 Å². The van der Waals surface area contributed by atoms with Crippen molar-refractivity contribution < 1.29 is 26.7 Å². The second-order valence-corrected chi connectivity index (χ2v) is 6.99. The van der Waals surface area contributed by atoms with Crippen LogP contribution in [0.1, 0.15) is 18.4 Å². The third kappa shape index (κ3) is 3.56. The van der Waals surface area contributed by atoms with Gasteiger partial charge in [-0.3, -0.25) is 0 Å². The van der Waals surface area contributed by atoms with Crippen LogP contribution in [0, 0.1) is 5.92 Å². The van der Waals surface area contributed by atoms with E-state index >= 15 is 0 Å². The number of hydrogen-bond donors (Lipinski definition) is 1. The third-order valence-electron chi connectivity index (χ3n) is 3.65. The molecule has 0 unspecified atom stereocenters. The SMILES string of the molecule is O=S(=O)(c1ccc(C(F)(F)F)cc1)N1CCC(CO)CC1. The van der Waals surface area contributed by atoms with Crippen molar-refractivity contribution in [2.75, 3.05) is 19.7 Å². The normalized spacial score (nSPS) is 18.9. The van der Waals surface area contributed by atoms with Gasteiger partial charge in [-0.2, -0.15) is 17.5 Å². The Labute approximate surface area is 121 Å². The number of aliphatic hydroxyl groups excluding tert-OH is 1. The molecule has 1 aliphatic rings. The van der Waals surface area contributed by atoms with Gasteiger partial charge >= 0.3 is 6.18 Å². The van der Waals surface area contributed by atoms with Crippen LogP contribution in [-0.2, 0) is 16.2 Å². The highest BCUT2D eigenvalue weighted by Crippen LogP contribution is 2.30. The molecule has 0 spiro atoms. The summed E-state index contributed by atoms with van der Waals surface area (Å²) in [7, 11) is -3.77. The second-order valence-electron chi connectivity index (χ2n) is 5.05. The summed E-state index contributed by atoms with van der Waals surface area (Å²) in [4.78, 5) is -0.141. The monoisotopic (exact) mass is 323 g/mol. The molecular formula is C13H16F3NO3S. The van der Waals surface area contributed by atoms with Crippen LogP contribution in [-0.4, -0.2) is 37.5 Å². The van der Waals surface area contributed by atoms with Gasteiger partial charge in [0.25, 0.3) is 0 Å². The zero-order chi connectivity index (χ0) is 15.7. The molecule has 1 aromatic rings. The molecular weight excluding hydrogens is 307 g/mol. The zero-order valence-corrected chi connectivity index (χ0v) is 12.0. The van der Waals surface area contributed by atoms with E-state index in [4.69, 9.17) is 5.11 Å². The smallest absolute Gasteiger partial charge is 0.396 e. The lowest BCUT2D eigenvalue weighted by Crippen LogP contribution is -2.39. The van der Waals surface area contributed by atoms with Crippen molar-refractivity contribution in [3.05, 3.63) is 29.8 Å². The van der Waals surface area contributed by atoms with Crippen LogP contribution in [0.3, 0.4) is 0 Å². The first-order chi connectivity index (χ1) is 9.75. The average molecular weight is 323 g/mol. The Morgan fingerprint density at radius 3 is 2.10 bits per heavy atom. The number of halogens is 3. The first kappa shape index (κ1) is 16.3. The molecule has 8 heteroatoms. The van der Waals surface area contributed by atoms with Gasteiger partial charge in [0.1, 0.15) is 0 Å². The molecule has 0 atom stereocenters. The number of benzene rings is 1. The Bertz CT molecular complexity index is 576. The number of alkyl halides is 3. The minimum atomic E-state index is -4.48. The molecule has 1 saturated heterocycles. The maximum atomic E-state index is 12.5. The molecule has 0 aliphatic carbocycles. The lowest BCUT2D eigenvalue weighted by molar-refractivity contribution is -0.137. The van der Waals surface area contributed by atoms with Crippen LogP contribution >= 0.6 is 0 Å². The van der Waals surface area contributed by atoms with Crippen LogP contribution in [0.4, 0.5) is 13.2 Å². The number of hydrogen-bond acceptors (Lipinski definition) is 3. The molecule has 1 heterocycles. The average Bonchev–Trinajstić information content (AvgIpc) is 2.46. The van der Waals surface area contributed by atoms with Crippen LogP contribution in [0.25, 0.3) is 0 Å². The quantitative estimate of drug-likeness (QED) is 0.927. The molecule has 1 N–H and O–H groups in total. The highest BCUT2D eigenvalue weighted by Gasteiger charge is 2.32. The van der Waals surface area contributed by atoms with Crippen molar-refractivity contribution in [1.29, 1.82) is 0 Å². The van der Waals surface area contributed by atoms with Crippen LogP contribution < -0.4 is 0 Å². The van der Waals surface area contributed by atoms with Crippen LogP contribution in [0.5, 0.6) is 0 Å². The predicted molar refractivity (Wildman–Crippen MR) is 70.0 cm³/mol. The minimum Gasteiger partial charge on any atom is -0.396 e. The van der Waals surface area contributed by atoms with Crippen molar-refractivity contribution >= 4 is 10.0 Å². The minimum absolute atomic E-state index is 0.0220. The van der Waals surface area contributed by atoms with E-state index in [0.29, 0.717) is 12.8 Å². The molecule has 1 aromatic carbocycles. The summed E-state index contributed by atoms with van der Waals surface area (Å²) in [6, 6.07) is 3.51. The fourth-order valence-corrected chi connectivity index (χ4v) is 3.77. The first-order valence-corrected chi connectivity index (χ1v) is 7.97. The topological polar surface area (TPSA) is 57.6 Å². The van der Waals surface area contributed by atoms with Gasteiger partial charge in [-0.25, -0.2) is 8.42 Å². The number of rotatable bonds is 3. The van der Waals surface area contributed by atoms with E-state index in [1.807, 2.05) is 0 Å². The highest BCUT2D eigenvalue weighted by atomic mass is 32.2. The van der Waals surface area contributed by atoms with Crippen molar-refractivity contribution in [3.63, 3.8) is 0 Å². The number of nitrogens with zero attached hydrogens (tertiary/aromatic N) is 1. The number of sulfonamides is 1. The Hall–Kier alpha value is -1.12. The van der Waals surface area contributed by atoms with Gasteiger partial charge < -0.3 is 5.11 Å². The van der Waals surface area contributed by atoms with E-state index in [1.54, 1.807) is 0 Å². The third-order valence-corrected chi connectivity index (χ3v) is 5.56. The molecule has 0 radical (unpaired) electrons. The first-order valence-electron chi connectivity index (χ1n) is 6.53. The molecule has 0 saturated carbocycles. The summed E-state index contributed by atoms with van der Waals surface area (Å²) in [6.45, 7) is 0.567. The summed E-state index contributed by atoms with van der Waals surface area (Å²) in [5.41, 5.74) is -0.875. The summed E-state index contributed by atoms with van der Waals surface area (Å²) in [5, 5.41) is 9.03. The zero-order valence-electron chi connectivity index (χ0n) is 11.2. The maximum absolute atomic E-state index is 12.5. The van der Waals surface area contributed by atoms with E-state index in [0.717, 1.165) is 24.3 Å². The van der Waals surface area contributed by atoms with Crippen molar-refractivity contribution in [1.82, 2.24) is 4.31 Å². The lowest BCUT2D eigenvalue weighted by atomic mass is 10.00. The molecule has 1 fully saturated rings. The fourth-order valence-electron chi connectivity index (χ4n) is 2.30. The number of aliphatic hydroxyl groups is 1. The van der Waals surface area contributed by atoms with Gasteiger partial charge in [0.15, 0.2) is 0 Å². The van der Waals surface area contributed by atoms with Gasteiger partial charge in [-0.1, -0.05) is 0 Å². The van der Waals surface area contributed by atoms with Gasteiger partial charge in [0.2, 0.25) is 10.0 Å². The van der Waals surface area contributed by atoms with Crippen LogP contribution in [0.15, 0.2) is 29.2 Å². The summed E-state index contributed by atoms with van der Waals surface area (Å²) in [6.07, 6.45) is -3.38. The maximum Gasteiger partial charge on any atom is 0.416 e. The molecule has 1 aliphatic heterocycles. The van der Waals surface area contributed by atoms with Gasteiger partial charge in [0, 0.05) is 19.7 Å². The van der Waals surface area contributed by atoms with Crippen molar-refractivity contribution in [2.24, 2.45) is 5.92 Å². The fraction of sp³-hybridized carbons (Fsp3) is 0.538. The van der Waals surface area contributed by atoms with Crippen LogP contribution in [0.2, 0.25) is 0 Å². The largest absolute Gasteiger partial charge is 0.416 e. The summed E-state index contributed by atoms with van der Waals surface area (Å²) in [5.74, 6) is 0.0871. The molecule has 21 heavy (non-hydrogen) atoms. The molecule has 4 nitrogen and oxygen atoms in total. The van der Waals surface area contributed by atoms with Crippen molar-refractivity contribution in [3.8, 4) is 0 Å². The van der Waals surface area contributed by atoms with Gasteiger partial charge in [-0.05, 0) is 43.0 Å². The predicted octanol–water partition coefficient (Wildman–Crippen LogP) is 2.10. The lowest BCUT2D eigenvalue weighted by Gasteiger charge is -2.30. The van der Waals surface area contributed by atoms with E-state index in [-0.39, 0.29) is 30.5 Å². The Morgan fingerprint density at radius 2 is 1.67 bits per heavy atom. The summed E-state index contributed by atoms with van der Waals surface area (Å²) < 4.78 is 63.3. The highest BCUT2D eigenvalue weighted by molar-refractivity contribution is 7.89. The molecule has 0 aromatic heterocycles. The van der Waals surface area contributed by atoms with Gasteiger partial charge in [0.05, 0.1) is 10.5 Å². The Kier molecular flexibility index (Phi) is 4.60. The Morgan fingerprint density at radius 1 is 1.14 bits per heavy atom. The molecule has 2 rings (SSSR count). The molecule has 0 amide bonds. The van der Waals surface area contributed by atoms with Gasteiger partial charge in [-0.15, -0.1) is 0 Å². The standard InChI is InChI=1S/C13H16F3NO3S/c14-13(15,16)11-1-3-12(4-2-11)21(19,20)17-7-5-10(9-18)6-8-17/h1-4,10,18H,5-9H2. The Balaban J connectivity index is 2.17. The van der Waals surface area contributed by atoms with Crippen molar-refractivity contribution in [2.45, 2.75) is 23.9 Å². The second kappa shape index (κ2) is 5.94. The summed E-state index contributed by atoms with van der Waals surface area (Å²) >= 11 is 0.